The summed E-state index contributed by atoms with van der Waals surface area (Å²) in [6.07, 6.45) is 9.35. The Bertz CT molecular complexity index is 944. The third-order valence-electron chi connectivity index (χ3n) is 3.62. The first-order valence-electron chi connectivity index (χ1n) is 9.47. The lowest BCUT2D eigenvalue weighted by molar-refractivity contribution is -0.143. The zero-order chi connectivity index (χ0) is 23.4. The minimum atomic E-state index is -0.997. The van der Waals surface area contributed by atoms with Crippen LogP contribution in [0.15, 0.2) is 72.6 Å². The monoisotopic (exact) mass is 433 g/mol. The number of rotatable bonds is 13. The number of carbonyl (C=O) groups excluding carboxylic acids is 1. The van der Waals surface area contributed by atoms with Gasteiger partial charge in [0.25, 0.3) is 0 Å². The van der Waals surface area contributed by atoms with E-state index in [2.05, 4.69) is 10.6 Å². The zero-order valence-corrected chi connectivity index (χ0v) is 17.3. The highest BCUT2D eigenvalue weighted by atomic mass is 16.6. The normalized spacial score (nSPS) is 11.4. The molecule has 1 rings (SSSR count). The fourth-order valence-corrected chi connectivity index (χ4v) is 2.04. The predicted molar refractivity (Wildman–Crippen MR) is 115 cm³/mol. The zero-order valence-electron chi connectivity index (χ0n) is 17.3. The molecule has 0 aliphatic rings. The van der Waals surface area contributed by atoms with Gasteiger partial charge < -0.3 is 25.2 Å². The smallest absolute Gasteiger partial charge is 0.325 e. The number of nitriles is 3. The molecule has 0 aromatic heterocycles. The summed E-state index contributed by atoms with van der Waals surface area (Å²) in [4.78, 5) is 11.7. The molecule has 1 atom stereocenters. The van der Waals surface area contributed by atoms with E-state index in [0.717, 1.165) is 11.1 Å². The minimum Gasteiger partial charge on any atom is -0.460 e. The number of carbonyl (C=O) groups is 1. The maximum atomic E-state index is 11.7. The van der Waals surface area contributed by atoms with Crippen molar-refractivity contribution in [1.29, 1.82) is 15.8 Å². The Kier molecular flexibility index (Phi) is 13.2. The van der Waals surface area contributed by atoms with Crippen LogP contribution in [-0.4, -0.2) is 30.5 Å². The van der Waals surface area contributed by atoms with Crippen molar-refractivity contribution in [3.63, 3.8) is 0 Å². The third-order valence-corrected chi connectivity index (χ3v) is 3.62. The van der Waals surface area contributed by atoms with E-state index in [9.17, 15) is 9.90 Å². The van der Waals surface area contributed by atoms with Crippen LogP contribution in [0.25, 0.3) is 0 Å². The molecule has 0 heterocycles. The highest BCUT2D eigenvalue weighted by molar-refractivity contribution is 5.71. The quantitative estimate of drug-likeness (QED) is 0.183. The van der Waals surface area contributed by atoms with Crippen molar-refractivity contribution in [2.45, 2.75) is 19.5 Å². The van der Waals surface area contributed by atoms with E-state index in [-0.39, 0.29) is 31.9 Å². The summed E-state index contributed by atoms with van der Waals surface area (Å²) >= 11 is 0. The molecule has 0 saturated heterocycles. The summed E-state index contributed by atoms with van der Waals surface area (Å²) in [7, 11) is 0. The number of nitrogens with one attached hydrogen (secondary N) is 2. The molecule has 0 fully saturated rings. The van der Waals surface area contributed by atoms with E-state index in [1.54, 1.807) is 42.6 Å². The van der Waals surface area contributed by atoms with Gasteiger partial charge in [0.2, 0.25) is 0 Å². The van der Waals surface area contributed by atoms with Crippen LogP contribution in [0.3, 0.4) is 0 Å². The number of nitrogens with zero attached hydrogens (tertiary/aromatic N) is 3. The van der Waals surface area contributed by atoms with Crippen molar-refractivity contribution < 1.29 is 19.4 Å². The second-order valence-corrected chi connectivity index (χ2v) is 6.04. The van der Waals surface area contributed by atoms with Crippen molar-refractivity contribution in [2.24, 2.45) is 0 Å². The van der Waals surface area contributed by atoms with Crippen LogP contribution in [0, 0.1) is 34.0 Å². The molecule has 1 aromatic carbocycles. The van der Waals surface area contributed by atoms with Gasteiger partial charge in [-0.3, -0.25) is 4.79 Å². The van der Waals surface area contributed by atoms with Crippen LogP contribution in [0.2, 0.25) is 0 Å². The van der Waals surface area contributed by atoms with Crippen molar-refractivity contribution >= 4 is 5.97 Å². The van der Waals surface area contributed by atoms with Crippen LogP contribution in [0.5, 0.6) is 0 Å². The second kappa shape index (κ2) is 16.4. The summed E-state index contributed by atoms with van der Waals surface area (Å²) in [6.45, 7) is 0.463. The Morgan fingerprint density at radius 1 is 1.00 bits per heavy atom. The Morgan fingerprint density at radius 2 is 1.66 bits per heavy atom. The molecule has 0 aliphatic heterocycles. The van der Waals surface area contributed by atoms with E-state index in [1.165, 1.54) is 24.4 Å². The third kappa shape index (κ3) is 12.3. The fraction of sp³-hybridized carbons (Fsp3) is 0.217. The van der Waals surface area contributed by atoms with Gasteiger partial charge in [-0.05, 0) is 41.8 Å². The molecule has 1 unspecified atom stereocenters. The summed E-state index contributed by atoms with van der Waals surface area (Å²) in [5.41, 5.74) is 1.61. The first kappa shape index (κ1) is 25.7. The number of aliphatic hydroxyl groups is 1. The molecule has 0 aliphatic carbocycles. The average Bonchev–Trinajstić information content (AvgIpc) is 2.81. The van der Waals surface area contributed by atoms with E-state index in [1.807, 2.05) is 18.2 Å². The largest absolute Gasteiger partial charge is 0.460 e. The molecule has 9 nitrogen and oxygen atoms in total. The van der Waals surface area contributed by atoms with Gasteiger partial charge in [0.05, 0.1) is 19.2 Å². The number of hydrogen-bond acceptors (Lipinski definition) is 9. The van der Waals surface area contributed by atoms with E-state index in [4.69, 9.17) is 25.3 Å². The SMILES string of the molecule is N#C/C=C/C=C/NCC(O)OCc1ccc(COC(=O)CN/C=C/C=C(C#N)C#N)cc1. The van der Waals surface area contributed by atoms with Gasteiger partial charge in [0.1, 0.15) is 30.9 Å². The molecule has 9 heteroatoms. The van der Waals surface area contributed by atoms with Crippen LogP contribution in [-0.2, 0) is 27.5 Å². The topological polar surface area (TPSA) is 151 Å². The van der Waals surface area contributed by atoms with Crippen molar-refractivity contribution in [3.8, 4) is 18.2 Å². The molecule has 0 spiro atoms. The number of esters is 1. The summed E-state index contributed by atoms with van der Waals surface area (Å²) in [6, 6.07) is 12.5. The second-order valence-electron chi connectivity index (χ2n) is 6.04. The number of ether oxygens (including phenoxy) is 2. The molecule has 0 saturated carbocycles. The molecule has 164 valence electrons. The highest BCUT2D eigenvalue weighted by Gasteiger charge is 2.05. The molecule has 3 N–H and O–H groups in total. The lowest BCUT2D eigenvalue weighted by Crippen LogP contribution is -2.25. The Labute approximate surface area is 186 Å². The molecule has 0 radical (unpaired) electrons. The Balaban J connectivity index is 2.27. The van der Waals surface area contributed by atoms with Gasteiger partial charge in [0, 0.05) is 6.08 Å². The number of aliphatic hydroxyl groups excluding tert-OH is 1. The van der Waals surface area contributed by atoms with Gasteiger partial charge in [-0.15, -0.1) is 0 Å². The fourth-order valence-electron chi connectivity index (χ4n) is 2.04. The van der Waals surface area contributed by atoms with Crippen molar-refractivity contribution in [3.05, 3.63) is 83.7 Å². The van der Waals surface area contributed by atoms with Gasteiger partial charge in [-0.2, -0.15) is 15.8 Å². The summed E-state index contributed by atoms with van der Waals surface area (Å²) < 4.78 is 10.5. The van der Waals surface area contributed by atoms with Crippen molar-refractivity contribution in [1.82, 2.24) is 10.6 Å². The maximum absolute atomic E-state index is 11.7. The number of hydrogen-bond donors (Lipinski definition) is 3. The maximum Gasteiger partial charge on any atom is 0.325 e. The van der Waals surface area contributed by atoms with E-state index < -0.39 is 12.3 Å². The molecule has 0 bridgehead atoms. The highest BCUT2D eigenvalue weighted by Crippen LogP contribution is 2.08. The van der Waals surface area contributed by atoms with Gasteiger partial charge in [-0.25, -0.2) is 0 Å². The van der Waals surface area contributed by atoms with Gasteiger partial charge in [-0.1, -0.05) is 30.3 Å². The van der Waals surface area contributed by atoms with Crippen LogP contribution >= 0.6 is 0 Å². The predicted octanol–water partition coefficient (Wildman–Crippen LogP) is 1.82. The van der Waals surface area contributed by atoms with Gasteiger partial charge >= 0.3 is 5.97 Å². The molecular weight excluding hydrogens is 410 g/mol. The lowest BCUT2D eigenvalue weighted by Gasteiger charge is -2.12. The molecular formula is C23H23N5O4. The van der Waals surface area contributed by atoms with Crippen molar-refractivity contribution in [2.75, 3.05) is 13.1 Å². The average molecular weight is 433 g/mol. The molecule has 32 heavy (non-hydrogen) atoms. The summed E-state index contributed by atoms with van der Waals surface area (Å²) in [5, 5.41) is 40.8. The number of benzene rings is 1. The number of allylic oxidation sites excluding steroid dienone is 6. The Hall–Kier alpha value is -4.36. The van der Waals surface area contributed by atoms with Crippen LogP contribution in [0.4, 0.5) is 0 Å². The van der Waals surface area contributed by atoms with E-state index in [0.29, 0.717) is 0 Å². The minimum absolute atomic E-state index is 0.0382. The molecule has 1 aromatic rings. The van der Waals surface area contributed by atoms with Crippen LogP contribution < -0.4 is 10.6 Å². The molecule has 0 amide bonds. The Morgan fingerprint density at radius 3 is 2.31 bits per heavy atom. The standard InChI is InChI=1S/C23H23N5O4/c24-10-2-1-3-11-27-15-22(29)31-17-19-6-8-20(9-7-19)18-32-23(30)16-28-12-4-5-21(13-25)14-26/h1-9,11-12,22,27-29H,15-18H2/b2-1+,11-3+,12-4+. The first-order valence-corrected chi connectivity index (χ1v) is 9.47. The van der Waals surface area contributed by atoms with Crippen LogP contribution in [0.1, 0.15) is 11.1 Å². The first-order chi connectivity index (χ1) is 15.6. The summed E-state index contributed by atoms with van der Waals surface area (Å²) in [5.74, 6) is -0.459. The van der Waals surface area contributed by atoms with E-state index >= 15 is 0 Å². The lowest BCUT2D eigenvalue weighted by atomic mass is 10.1. The van der Waals surface area contributed by atoms with Gasteiger partial charge in [0.15, 0.2) is 6.29 Å².